The molecule has 0 aliphatic heterocycles. The SMILES string of the molecule is CCN(CC(C)C)CC1(CNC(C)C)CCCCC1. The Balaban J connectivity index is 2.61. The van der Waals surface area contributed by atoms with Gasteiger partial charge in [-0.1, -0.05) is 53.9 Å². The Morgan fingerprint density at radius 2 is 1.68 bits per heavy atom. The molecule has 0 aromatic heterocycles. The Labute approximate surface area is 121 Å². The fourth-order valence-electron chi connectivity index (χ4n) is 3.41. The average molecular weight is 268 g/mol. The Bertz CT molecular complexity index is 229. The molecule has 0 spiro atoms. The molecule has 1 N–H and O–H groups in total. The van der Waals surface area contributed by atoms with Crippen molar-refractivity contribution in [1.82, 2.24) is 10.2 Å². The van der Waals surface area contributed by atoms with Gasteiger partial charge in [-0.2, -0.15) is 0 Å². The van der Waals surface area contributed by atoms with E-state index in [1.165, 1.54) is 58.3 Å². The van der Waals surface area contributed by atoms with E-state index in [1.807, 2.05) is 0 Å². The van der Waals surface area contributed by atoms with Gasteiger partial charge in [-0.05, 0) is 30.7 Å². The molecule has 0 amide bonds. The fraction of sp³-hybridized carbons (Fsp3) is 1.00. The first kappa shape index (κ1) is 17.0. The summed E-state index contributed by atoms with van der Waals surface area (Å²) >= 11 is 0. The first-order chi connectivity index (χ1) is 8.97. The van der Waals surface area contributed by atoms with Crippen LogP contribution in [0.2, 0.25) is 0 Å². The molecule has 0 saturated heterocycles. The molecule has 2 heteroatoms. The first-order valence-electron chi connectivity index (χ1n) is 8.43. The zero-order valence-electron chi connectivity index (χ0n) is 14.0. The third kappa shape index (κ3) is 6.27. The summed E-state index contributed by atoms with van der Waals surface area (Å²) in [6.45, 7) is 16.5. The molecule has 1 aliphatic rings. The lowest BCUT2D eigenvalue weighted by Gasteiger charge is -2.42. The molecule has 19 heavy (non-hydrogen) atoms. The largest absolute Gasteiger partial charge is 0.314 e. The molecule has 1 fully saturated rings. The summed E-state index contributed by atoms with van der Waals surface area (Å²) in [6.07, 6.45) is 7.14. The number of hydrogen-bond acceptors (Lipinski definition) is 2. The van der Waals surface area contributed by atoms with Crippen LogP contribution in [0, 0.1) is 11.3 Å². The van der Waals surface area contributed by atoms with Crippen molar-refractivity contribution in [3.63, 3.8) is 0 Å². The van der Waals surface area contributed by atoms with Gasteiger partial charge in [-0.3, -0.25) is 0 Å². The highest BCUT2D eigenvalue weighted by atomic mass is 15.1. The zero-order valence-corrected chi connectivity index (χ0v) is 14.0. The molecule has 1 saturated carbocycles. The summed E-state index contributed by atoms with van der Waals surface area (Å²) in [5.41, 5.74) is 0.535. The van der Waals surface area contributed by atoms with Crippen LogP contribution in [0.4, 0.5) is 0 Å². The van der Waals surface area contributed by atoms with Crippen molar-refractivity contribution < 1.29 is 0 Å². The van der Waals surface area contributed by atoms with E-state index in [-0.39, 0.29) is 0 Å². The Morgan fingerprint density at radius 1 is 1.05 bits per heavy atom. The normalized spacial score (nSPS) is 19.6. The van der Waals surface area contributed by atoms with Crippen LogP contribution in [0.15, 0.2) is 0 Å². The van der Waals surface area contributed by atoms with Crippen LogP contribution < -0.4 is 5.32 Å². The Morgan fingerprint density at radius 3 is 2.16 bits per heavy atom. The minimum absolute atomic E-state index is 0.535. The molecule has 0 aromatic rings. The third-order valence-corrected chi connectivity index (χ3v) is 4.43. The summed E-state index contributed by atoms with van der Waals surface area (Å²) in [7, 11) is 0. The summed E-state index contributed by atoms with van der Waals surface area (Å²) in [6, 6.07) is 0.610. The van der Waals surface area contributed by atoms with E-state index >= 15 is 0 Å². The van der Waals surface area contributed by atoms with Gasteiger partial charge in [0, 0.05) is 25.7 Å². The number of nitrogens with one attached hydrogen (secondary N) is 1. The number of rotatable bonds is 8. The standard InChI is InChI=1S/C17H36N2/c1-6-19(12-15(2)3)14-17(13-18-16(4)5)10-8-7-9-11-17/h15-16,18H,6-14H2,1-5H3. The van der Waals surface area contributed by atoms with Crippen molar-refractivity contribution in [1.29, 1.82) is 0 Å². The number of hydrogen-bond donors (Lipinski definition) is 1. The Kier molecular flexibility index (Phi) is 7.38. The van der Waals surface area contributed by atoms with E-state index in [0.717, 1.165) is 5.92 Å². The van der Waals surface area contributed by atoms with Crippen LogP contribution in [0.5, 0.6) is 0 Å². The molecule has 114 valence electrons. The predicted molar refractivity (Wildman–Crippen MR) is 85.6 cm³/mol. The van der Waals surface area contributed by atoms with E-state index in [2.05, 4.69) is 44.8 Å². The molecule has 0 aromatic carbocycles. The maximum atomic E-state index is 3.71. The van der Waals surface area contributed by atoms with E-state index < -0.39 is 0 Å². The molecule has 2 nitrogen and oxygen atoms in total. The second kappa shape index (κ2) is 8.26. The maximum absolute atomic E-state index is 3.71. The molecule has 0 radical (unpaired) electrons. The number of nitrogens with zero attached hydrogens (tertiary/aromatic N) is 1. The van der Waals surface area contributed by atoms with Crippen LogP contribution in [-0.2, 0) is 0 Å². The van der Waals surface area contributed by atoms with Crippen molar-refractivity contribution in [3.8, 4) is 0 Å². The average Bonchev–Trinajstić information content (AvgIpc) is 2.36. The first-order valence-corrected chi connectivity index (χ1v) is 8.43. The van der Waals surface area contributed by atoms with E-state index in [0.29, 0.717) is 11.5 Å². The van der Waals surface area contributed by atoms with Gasteiger partial charge in [0.1, 0.15) is 0 Å². The molecule has 0 unspecified atom stereocenters. The van der Waals surface area contributed by atoms with Crippen molar-refractivity contribution in [3.05, 3.63) is 0 Å². The summed E-state index contributed by atoms with van der Waals surface area (Å²) in [4.78, 5) is 2.68. The highest BCUT2D eigenvalue weighted by Crippen LogP contribution is 2.36. The minimum Gasteiger partial charge on any atom is -0.314 e. The zero-order chi connectivity index (χ0) is 14.3. The van der Waals surface area contributed by atoms with Crippen LogP contribution in [0.3, 0.4) is 0 Å². The second-order valence-electron chi connectivity index (χ2n) is 7.32. The highest BCUT2D eigenvalue weighted by molar-refractivity contribution is 4.88. The van der Waals surface area contributed by atoms with E-state index in [9.17, 15) is 0 Å². The van der Waals surface area contributed by atoms with Crippen molar-refractivity contribution in [2.45, 2.75) is 72.8 Å². The van der Waals surface area contributed by atoms with Crippen molar-refractivity contribution in [2.75, 3.05) is 26.2 Å². The van der Waals surface area contributed by atoms with E-state index in [1.54, 1.807) is 0 Å². The molecule has 1 rings (SSSR count). The van der Waals surface area contributed by atoms with Gasteiger partial charge in [-0.25, -0.2) is 0 Å². The minimum atomic E-state index is 0.535. The lowest BCUT2D eigenvalue weighted by molar-refractivity contribution is 0.0960. The van der Waals surface area contributed by atoms with Crippen LogP contribution >= 0.6 is 0 Å². The van der Waals surface area contributed by atoms with Gasteiger partial charge >= 0.3 is 0 Å². The van der Waals surface area contributed by atoms with Gasteiger partial charge in [0.25, 0.3) is 0 Å². The predicted octanol–water partition coefficient (Wildman–Crippen LogP) is 3.91. The van der Waals surface area contributed by atoms with Crippen LogP contribution in [-0.4, -0.2) is 37.1 Å². The van der Waals surface area contributed by atoms with Gasteiger partial charge in [0.15, 0.2) is 0 Å². The monoisotopic (exact) mass is 268 g/mol. The molecule has 0 heterocycles. The third-order valence-electron chi connectivity index (χ3n) is 4.43. The van der Waals surface area contributed by atoms with E-state index in [4.69, 9.17) is 0 Å². The molecule has 1 aliphatic carbocycles. The quantitative estimate of drug-likeness (QED) is 0.718. The topological polar surface area (TPSA) is 15.3 Å². The smallest absolute Gasteiger partial charge is 0.00501 e. The highest BCUT2D eigenvalue weighted by Gasteiger charge is 2.33. The van der Waals surface area contributed by atoms with Gasteiger partial charge in [-0.15, -0.1) is 0 Å². The summed E-state index contributed by atoms with van der Waals surface area (Å²) < 4.78 is 0. The Hall–Kier alpha value is -0.0800. The molecular weight excluding hydrogens is 232 g/mol. The lowest BCUT2D eigenvalue weighted by atomic mass is 9.73. The summed E-state index contributed by atoms with van der Waals surface area (Å²) in [5.74, 6) is 0.777. The maximum Gasteiger partial charge on any atom is 0.00501 e. The summed E-state index contributed by atoms with van der Waals surface area (Å²) in [5, 5.41) is 3.71. The lowest BCUT2D eigenvalue weighted by Crippen LogP contribution is -2.47. The molecular formula is C17H36N2. The second-order valence-corrected chi connectivity index (χ2v) is 7.32. The van der Waals surface area contributed by atoms with Crippen LogP contribution in [0.25, 0.3) is 0 Å². The van der Waals surface area contributed by atoms with Crippen molar-refractivity contribution >= 4 is 0 Å². The molecule has 0 atom stereocenters. The van der Waals surface area contributed by atoms with Gasteiger partial charge in [0.05, 0.1) is 0 Å². The van der Waals surface area contributed by atoms with Gasteiger partial charge < -0.3 is 10.2 Å². The van der Waals surface area contributed by atoms with Gasteiger partial charge in [0.2, 0.25) is 0 Å². The van der Waals surface area contributed by atoms with Crippen LogP contribution in [0.1, 0.15) is 66.7 Å². The van der Waals surface area contributed by atoms with Crippen molar-refractivity contribution in [2.24, 2.45) is 11.3 Å². The fourth-order valence-corrected chi connectivity index (χ4v) is 3.41. The molecule has 0 bridgehead atoms.